The lowest BCUT2D eigenvalue weighted by Gasteiger charge is -2.35. The Morgan fingerprint density at radius 2 is 1.97 bits per heavy atom. The number of nitrogens with one attached hydrogen (secondary N) is 1. The number of aromatic nitrogens is 1. The number of piperazine rings is 1. The molecule has 2 aromatic carbocycles. The number of benzene rings is 2. The minimum absolute atomic E-state index is 0.126. The first-order valence-electron chi connectivity index (χ1n) is 10.2. The molecule has 1 saturated heterocycles. The Morgan fingerprint density at radius 3 is 2.71 bits per heavy atom. The van der Waals surface area contributed by atoms with Crippen molar-refractivity contribution in [2.75, 3.05) is 44.6 Å². The van der Waals surface area contributed by atoms with Gasteiger partial charge in [0.1, 0.15) is 18.5 Å². The second-order valence-corrected chi connectivity index (χ2v) is 9.22. The summed E-state index contributed by atoms with van der Waals surface area (Å²) in [5, 5.41) is 14.9. The molecule has 0 bridgehead atoms. The average molecular weight is 461 g/mol. The van der Waals surface area contributed by atoms with E-state index < -0.39 is 6.10 Å². The molecular weight excluding hydrogens is 436 g/mol. The van der Waals surface area contributed by atoms with Crippen LogP contribution in [-0.4, -0.2) is 71.4 Å². The third-order valence-electron chi connectivity index (χ3n) is 5.13. The number of ether oxygens (including phenoxy) is 1. The topological polar surface area (TPSA) is 77.9 Å². The summed E-state index contributed by atoms with van der Waals surface area (Å²) in [6.45, 7) is 5.32. The second kappa shape index (κ2) is 9.82. The fourth-order valence-corrected chi connectivity index (χ4v) is 4.46. The number of hydrogen-bond acceptors (Lipinski definition) is 6. The number of aliphatic hydroxyl groups excluding tert-OH is 1. The summed E-state index contributed by atoms with van der Waals surface area (Å²) in [5.41, 5.74) is 1.64. The molecule has 3 aromatic rings. The van der Waals surface area contributed by atoms with E-state index in [1.54, 1.807) is 40.5 Å². The standard InChI is InChI=1S/C22H25ClN4O3S/c1-15-24-20-12-19(6-7-21(20)31-15)30-14-18(28)13-26-8-10-27(11-9-26)22(29)25-17-4-2-16(23)3-5-17/h2-7,12,18,28H,8-11,13-14H2,1H3,(H,25,29)/t18-/m1/s1. The Kier molecular flexibility index (Phi) is 6.92. The van der Waals surface area contributed by atoms with E-state index in [1.165, 1.54) is 0 Å². The number of halogens is 1. The molecule has 31 heavy (non-hydrogen) atoms. The predicted molar refractivity (Wildman–Crippen MR) is 124 cm³/mol. The summed E-state index contributed by atoms with van der Waals surface area (Å²) in [6, 6.07) is 12.7. The van der Waals surface area contributed by atoms with Gasteiger partial charge < -0.3 is 20.1 Å². The summed E-state index contributed by atoms with van der Waals surface area (Å²) in [7, 11) is 0. The Morgan fingerprint density at radius 1 is 1.23 bits per heavy atom. The van der Waals surface area contributed by atoms with Gasteiger partial charge in [-0.3, -0.25) is 4.90 Å². The van der Waals surface area contributed by atoms with Crippen molar-refractivity contribution in [1.82, 2.24) is 14.8 Å². The van der Waals surface area contributed by atoms with Crippen LogP contribution in [0.1, 0.15) is 5.01 Å². The fraction of sp³-hybridized carbons (Fsp3) is 0.364. The van der Waals surface area contributed by atoms with Gasteiger partial charge in [-0.1, -0.05) is 11.6 Å². The number of carbonyl (C=O) groups is 1. The van der Waals surface area contributed by atoms with Crippen LogP contribution in [0, 0.1) is 6.92 Å². The smallest absolute Gasteiger partial charge is 0.321 e. The molecule has 7 nitrogen and oxygen atoms in total. The van der Waals surface area contributed by atoms with Gasteiger partial charge in [0.05, 0.1) is 15.2 Å². The van der Waals surface area contributed by atoms with Gasteiger partial charge in [0, 0.05) is 49.5 Å². The number of rotatable bonds is 6. The summed E-state index contributed by atoms with van der Waals surface area (Å²) in [4.78, 5) is 20.8. The van der Waals surface area contributed by atoms with E-state index in [2.05, 4.69) is 15.2 Å². The Hall–Kier alpha value is -2.39. The number of β-amino-alcohol motifs (C(OH)–C–C–N with tert-alkyl or cyclic N) is 1. The maximum absolute atomic E-state index is 12.4. The van der Waals surface area contributed by atoms with Crippen molar-refractivity contribution in [2.24, 2.45) is 0 Å². The van der Waals surface area contributed by atoms with E-state index in [0.29, 0.717) is 43.5 Å². The van der Waals surface area contributed by atoms with Crippen molar-refractivity contribution < 1.29 is 14.6 Å². The van der Waals surface area contributed by atoms with E-state index in [1.807, 2.05) is 25.1 Å². The normalized spacial score (nSPS) is 15.8. The van der Waals surface area contributed by atoms with Gasteiger partial charge in [0.15, 0.2) is 0 Å². The van der Waals surface area contributed by atoms with E-state index in [4.69, 9.17) is 16.3 Å². The van der Waals surface area contributed by atoms with Crippen molar-refractivity contribution in [3.63, 3.8) is 0 Å². The molecule has 1 fully saturated rings. The quantitative estimate of drug-likeness (QED) is 0.584. The largest absolute Gasteiger partial charge is 0.491 e. The number of fused-ring (bicyclic) bond motifs is 1. The number of nitrogens with zero attached hydrogens (tertiary/aromatic N) is 3. The zero-order chi connectivity index (χ0) is 21.8. The molecule has 9 heteroatoms. The van der Waals surface area contributed by atoms with Gasteiger partial charge in [0.2, 0.25) is 0 Å². The number of thiazole rings is 1. The highest BCUT2D eigenvalue weighted by molar-refractivity contribution is 7.18. The van der Waals surface area contributed by atoms with Crippen LogP contribution in [0.15, 0.2) is 42.5 Å². The van der Waals surface area contributed by atoms with Crippen molar-refractivity contribution in [1.29, 1.82) is 0 Å². The molecule has 1 aliphatic rings. The van der Waals surface area contributed by atoms with E-state index in [9.17, 15) is 9.90 Å². The number of anilines is 1. The molecule has 0 saturated carbocycles. The first-order valence-corrected chi connectivity index (χ1v) is 11.4. The van der Waals surface area contributed by atoms with Gasteiger partial charge in [0.25, 0.3) is 0 Å². The van der Waals surface area contributed by atoms with Crippen LogP contribution in [0.3, 0.4) is 0 Å². The number of aliphatic hydroxyl groups is 1. The zero-order valence-corrected chi connectivity index (χ0v) is 18.8. The van der Waals surface area contributed by atoms with Gasteiger partial charge in [-0.2, -0.15) is 0 Å². The summed E-state index contributed by atoms with van der Waals surface area (Å²) in [6.07, 6.45) is -0.609. The van der Waals surface area contributed by atoms with Crippen molar-refractivity contribution in [2.45, 2.75) is 13.0 Å². The molecule has 0 spiro atoms. The van der Waals surface area contributed by atoms with Crippen LogP contribution in [0.5, 0.6) is 5.75 Å². The lowest BCUT2D eigenvalue weighted by molar-refractivity contribution is 0.0526. The average Bonchev–Trinajstić information content (AvgIpc) is 3.13. The van der Waals surface area contributed by atoms with Crippen LogP contribution < -0.4 is 10.1 Å². The van der Waals surface area contributed by atoms with Gasteiger partial charge in [-0.25, -0.2) is 9.78 Å². The van der Waals surface area contributed by atoms with Crippen LogP contribution in [0.4, 0.5) is 10.5 Å². The molecule has 1 aliphatic heterocycles. The Balaban J connectivity index is 1.19. The van der Waals surface area contributed by atoms with Crippen molar-refractivity contribution >= 4 is 44.9 Å². The van der Waals surface area contributed by atoms with E-state index in [-0.39, 0.29) is 12.6 Å². The molecule has 0 aliphatic carbocycles. The fourth-order valence-electron chi connectivity index (χ4n) is 3.52. The molecule has 0 unspecified atom stereocenters. The predicted octanol–water partition coefficient (Wildman–Crippen LogP) is 3.85. The first-order chi connectivity index (χ1) is 15.0. The highest BCUT2D eigenvalue weighted by Crippen LogP contribution is 2.25. The van der Waals surface area contributed by atoms with E-state index in [0.717, 1.165) is 20.9 Å². The third-order valence-corrected chi connectivity index (χ3v) is 6.34. The minimum atomic E-state index is -0.609. The maximum atomic E-state index is 12.4. The molecule has 2 N–H and O–H groups in total. The first kappa shape index (κ1) is 21.8. The van der Waals surface area contributed by atoms with Gasteiger partial charge >= 0.3 is 6.03 Å². The number of urea groups is 1. The third kappa shape index (κ3) is 5.86. The van der Waals surface area contributed by atoms with Gasteiger partial charge in [-0.15, -0.1) is 11.3 Å². The van der Waals surface area contributed by atoms with Crippen molar-refractivity contribution in [3.8, 4) is 5.75 Å². The zero-order valence-electron chi connectivity index (χ0n) is 17.3. The Bertz CT molecular complexity index is 1030. The molecule has 164 valence electrons. The summed E-state index contributed by atoms with van der Waals surface area (Å²) < 4.78 is 6.89. The highest BCUT2D eigenvalue weighted by Gasteiger charge is 2.23. The number of aryl methyl sites for hydroxylation is 1. The number of hydrogen-bond donors (Lipinski definition) is 2. The Labute approximate surface area is 190 Å². The molecule has 0 radical (unpaired) electrons. The number of carbonyl (C=O) groups excluding carboxylic acids is 1. The van der Waals surface area contributed by atoms with Gasteiger partial charge in [-0.05, 0) is 43.3 Å². The van der Waals surface area contributed by atoms with Crippen molar-refractivity contribution in [3.05, 3.63) is 52.5 Å². The van der Waals surface area contributed by atoms with Crippen LogP contribution in [0.25, 0.3) is 10.2 Å². The van der Waals surface area contributed by atoms with Crippen LogP contribution in [0.2, 0.25) is 5.02 Å². The maximum Gasteiger partial charge on any atom is 0.321 e. The molecular formula is C22H25ClN4O3S. The lowest BCUT2D eigenvalue weighted by atomic mass is 10.2. The molecule has 4 rings (SSSR count). The molecule has 1 atom stereocenters. The molecule has 1 aromatic heterocycles. The monoisotopic (exact) mass is 460 g/mol. The second-order valence-electron chi connectivity index (χ2n) is 7.55. The number of amides is 2. The highest BCUT2D eigenvalue weighted by atomic mass is 35.5. The van der Waals surface area contributed by atoms with Crippen LogP contribution in [-0.2, 0) is 0 Å². The lowest BCUT2D eigenvalue weighted by Crippen LogP contribution is -2.51. The molecule has 2 heterocycles. The minimum Gasteiger partial charge on any atom is -0.491 e. The summed E-state index contributed by atoms with van der Waals surface area (Å²) >= 11 is 7.53. The SMILES string of the molecule is Cc1nc2cc(OC[C@H](O)CN3CCN(C(=O)Nc4ccc(Cl)cc4)CC3)ccc2s1. The van der Waals surface area contributed by atoms with Crippen LogP contribution >= 0.6 is 22.9 Å². The summed E-state index contributed by atoms with van der Waals surface area (Å²) in [5.74, 6) is 0.709. The van der Waals surface area contributed by atoms with E-state index >= 15 is 0 Å². The molecule has 2 amide bonds.